The molecule has 0 aliphatic heterocycles. The predicted octanol–water partition coefficient (Wildman–Crippen LogP) is 4.71. The number of carbonyl (C=O) groups excluding carboxylic acids is 3. The number of alkyl halides is 6. The Labute approximate surface area is 197 Å². The van der Waals surface area contributed by atoms with Crippen LogP contribution in [0, 0.1) is 0 Å². The molecule has 1 amide bonds. The van der Waals surface area contributed by atoms with Crippen LogP contribution in [0.2, 0.25) is 0 Å². The van der Waals surface area contributed by atoms with E-state index in [9.17, 15) is 40.7 Å². The molecule has 0 radical (unpaired) electrons. The van der Waals surface area contributed by atoms with E-state index in [4.69, 9.17) is 0 Å². The molecule has 2 heterocycles. The SMILES string of the molecule is CC(c1cc(-c2ccccc2)n(OC(=O)C(F)(F)F)n1)N(C)C(=O)c1ccc(C(=O)C(F)(F)F)s1. The minimum absolute atomic E-state index is 0.0138. The van der Waals surface area contributed by atoms with Gasteiger partial charge in [-0.3, -0.25) is 9.59 Å². The van der Waals surface area contributed by atoms with E-state index in [1.54, 1.807) is 18.2 Å². The van der Waals surface area contributed by atoms with E-state index in [2.05, 4.69) is 9.94 Å². The number of carbonyl (C=O) groups is 3. The third kappa shape index (κ3) is 5.70. The van der Waals surface area contributed by atoms with E-state index in [1.807, 2.05) is 0 Å². The molecular weight excluding hydrogens is 504 g/mol. The maximum absolute atomic E-state index is 12.8. The van der Waals surface area contributed by atoms with Crippen molar-refractivity contribution in [2.75, 3.05) is 7.05 Å². The Morgan fingerprint density at radius 2 is 1.57 bits per heavy atom. The number of Topliss-reactive ketones (excluding diaryl/α,β-unsaturated/α-hetero) is 1. The average Bonchev–Trinajstić information content (AvgIpc) is 3.44. The molecule has 0 saturated carbocycles. The van der Waals surface area contributed by atoms with Gasteiger partial charge in [0.05, 0.1) is 21.5 Å². The zero-order chi connectivity index (χ0) is 26.1. The Morgan fingerprint density at radius 1 is 0.971 bits per heavy atom. The Hall–Kier alpha value is -3.68. The summed E-state index contributed by atoms with van der Waals surface area (Å²) in [5.74, 6) is -5.36. The van der Waals surface area contributed by atoms with Gasteiger partial charge in [-0.1, -0.05) is 35.2 Å². The van der Waals surface area contributed by atoms with Gasteiger partial charge in [0.1, 0.15) is 5.69 Å². The number of nitrogens with zero attached hydrogens (tertiary/aromatic N) is 3. The first-order valence-electron chi connectivity index (χ1n) is 9.63. The largest absolute Gasteiger partial charge is 0.493 e. The van der Waals surface area contributed by atoms with Gasteiger partial charge < -0.3 is 9.74 Å². The number of halogens is 6. The zero-order valence-corrected chi connectivity index (χ0v) is 18.7. The summed E-state index contributed by atoms with van der Waals surface area (Å²) in [5, 5.41) is 3.88. The molecule has 1 aromatic carbocycles. The van der Waals surface area contributed by atoms with Crippen LogP contribution in [0.4, 0.5) is 26.3 Å². The highest BCUT2D eigenvalue weighted by atomic mass is 32.1. The molecule has 2 aromatic heterocycles. The molecule has 0 saturated heterocycles. The van der Waals surface area contributed by atoms with E-state index in [-0.39, 0.29) is 16.3 Å². The summed E-state index contributed by atoms with van der Waals surface area (Å²) in [6.07, 6.45) is -10.4. The molecule has 1 unspecified atom stereocenters. The number of hydrogen-bond donors (Lipinski definition) is 0. The Kier molecular flexibility index (Phi) is 7.06. The second kappa shape index (κ2) is 9.52. The monoisotopic (exact) mass is 519 g/mol. The minimum atomic E-state index is -5.29. The number of amides is 1. The van der Waals surface area contributed by atoms with Crippen LogP contribution < -0.4 is 4.84 Å². The normalized spacial score (nSPS) is 12.8. The summed E-state index contributed by atoms with van der Waals surface area (Å²) in [7, 11) is 1.29. The van der Waals surface area contributed by atoms with Crippen LogP contribution in [0.15, 0.2) is 48.5 Å². The van der Waals surface area contributed by atoms with Crippen LogP contribution in [0.5, 0.6) is 0 Å². The lowest BCUT2D eigenvalue weighted by Crippen LogP contribution is -2.34. The van der Waals surface area contributed by atoms with Crippen molar-refractivity contribution in [2.45, 2.75) is 25.3 Å². The molecule has 0 spiro atoms. The number of benzene rings is 1. The first-order valence-corrected chi connectivity index (χ1v) is 10.4. The molecule has 3 rings (SSSR count). The molecular formula is C21H15F6N3O4S. The van der Waals surface area contributed by atoms with Crippen LogP contribution in [0.25, 0.3) is 11.3 Å². The molecule has 0 N–H and O–H groups in total. The van der Waals surface area contributed by atoms with Gasteiger partial charge >= 0.3 is 18.3 Å². The number of rotatable bonds is 6. The Balaban J connectivity index is 1.90. The highest BCUT2D eigenvalue weighted by Gasteiger charge is 2.43. The zero-order valence-electron chi connectivity index (χ0n) is 17.8. The number of aromatic nitrogens is 2. The first-order chi connectivity index (χ1) is 16.2. The lowest BCUT2D eigenvalue weighted by molar-refractivity contribution is -0.201. The van der Waals surface area contributed by atoms with Crippen molar-refractivity contribution in [1.29, 1.82) is 0 Å². The fraction of sp³-hybridized carbons (Fsp3) is 0.238. The van der Waals surface area contributed by atoms with Crippen molar-refractivity contribution < 1.29 is 45.6 Å². The summed E-state index contributed by atoms with van der Waals surface area (Å²) >= 11 is 0.353. The quantitative estimate of drug-likeness (QED) is 0.348. The van der Waals surface area contributed by atoms with Crippen LogP contribution in [-0.2, 0) is 4.79 Å². The van der Waals surface area contributed by atoms with E-state index < -0.39 is 40.9 Å². The van der Waals surface area contributed by atoms with Gasteiger partial charge in [-0.15, -0.1) is 16.4 Å². The summed E-state index contributed by atoms with van der Waals surface area (Å²) < 4.78 is 76.1. The maximum Gasteiger partial charge on any atom is 0.493 e. The van der Waals surface area contributed by atoms with Crippen LogP contribution >= 0.6 is 11.3 Å². The fourth-order valence-corrected chi connectivity index (χ4v) is 3.80. The van der Waals surface area contributed by atoms with Crippen molar-refractivity contribution in [3.05, 3.63) is 64.0 Å². The van der Waals surface area contributed by atoms with Crippen molar-refractivity contribution in [1.82, 2.24) is 14.8 Å². The van der Waals surface area contributed by atoms with Gasteiger partial charge in [0, 0.05) is 12.6 Å². The molecule has 0 fully saturated rings. The van der Waals surface area contributed by atoms with Crippen molar-refractivity contribution in [3.8, 4) is 11.3 Å². The van der Waals surface area contributed by atoms with E-state index in [0.29, 0.717) is 21.7 Å². The molecule has 0 aliphatic rings. The summed E-state index contributed by atoms with van der Waals surface area (Å²) in [6.45, 7) is 1.46. The molecule has 14 heteroatoms. The van der Waals surface area contributed by atoms with E-state index in [0.717, 1.165) is 17.0 Å². The highest BCUT2D eigenvalue weighted by Crippen LogP contribution is 2.30. The smallest absolute Gasteiger partial charge is 0.333 e. The second-order valence-corrected chi connectivity index (χ2v) is 8.24. The third-order valence-electron chi connectivity index (χ3n) is 4.79. The van der Waals surface area contributed by atoms with Gasteiger partial charge in [0.2, 0.25) is 0 Å². The molecule has 0 bridgehead atoms. The van der Waals surface area contributed by atoms with Gasteiger partial charge in [-0.25, -0.2) is 4.79 Å². The van der Waals surface area contributed by atoms with Gasteiger partial charge in [0.25, 0.3) is 11.7 Å². The van der Waals surface area contributed by atoms with Gasteiger partial charge in [0.15, 0.2) is 0 Å². The minimum Gasteiger partial charge on any atom is -0.333 e. The van der Waals surface area contributed by atoms with Crippen LogP contribution in [-0.4, -0.2) is 51.9 Å². The molecule has 0 aliphatic carbocycles. The average molecular weight is 519 g/mol. The van der Waals surface area contributed by atoms with E-state index >= 15 is 0 Å². The van der Waals surface area contributed by atoms with E-state index in [1.165, 1.54) is 32.2 Å². The standard InChI is InChI=1S/C21H15F6N3O4S/c1-11(29(2)18(32)16-9-8-15(35-16)17(31)20(22,23)24)13-10-14(12-6-4-3-5-7-12)30(28-13)34-19(33)21(25,26)27/h3-11H,1-2H3. The molecule has 7 nitrogen and oxygen atoms in total. The van der Waals surface area contributed by atoms with Crippen molar-refractivity contribution in [2.24, 2.45) is 0 Å². The van der Waals surface area contributed by atoms with Gasteiger partial charge in [-0.05, 0) is 25.1 Å². The second-order valence-electron chi connectivity index (χ2n) is 7.15. The molecule has 35 heavy (non-hydrogen) atoms. The van der Waals surface area contributed by atoms with Gasteiger partial charge in [-0.2, -0.15) is 26.3 Å². The van der Waals surface area contributed by atoms with Crippen molar-refractivity contribution in [3.63, 3.8) is 0 Å². The maximum atomic E-state index is 12.8. The lowest BCUT2D eigenvalue weighted by Gasteiger charge is -2.22. The van der Waals surface area contributed by atoms with Crippen LogP contribution in [0.1, 0.15) is 38.0 Å². The highest BCUT2D eigenvalue weighted by molar-refractivity contribution is 7.16. The summed E-state index contributed by atoms with van der Waals surface area (Å²) in [5.41, 5.74) is 0.369. The first kappa shape index (κ1) is 25.9. The summed E-state index contributed by atoms with van der Waals surface area (Å²) in [4.78, 5) is 40.6. The lowest BCUT2D eigenvalue weighted by atomic mass is 10.1. The molecule has 3 aromatic rings. The Morgan fingerprint density at radius 3 is 2.14 bits per heavy atom. The number of ketones is 1. The fourth-order valence-electron chi connectivity index (χ4n) is 2.85. The molecule has 186 valence electrons. The third-order valence-corrected chi connectivity index (χ3v) is 5.87. The Bertz CT molecular complexity index is 1250. The topological polar surface area (TPSA) is 81.5 Å². The molecule has 1 atom stereocenters. The van der Waals surface area contributed by atoms with Crippen LogP contribution in [0.3, 0.4) is 0 Å². The summed E-state index contributed by atoms with van der Waals surface area (Å²) in [6, 6.07) is 10.2. The number of hydrogen-bond acceptors (Lipinski definition) is 6. The van der Waals surface area contributed by atoms with Crippen molar-refractivity contribution >= 4 is 29.0 Å². The number of thiophene rings is 1. The predicted molar refractivity (Wildman–Crippen MR) is 111 cm³/mol.